The Balaban J connectivity index is 1.93. The zero-order valence-corrected chi connectivity index (χ0v) is 14.5. The van der Waals surface area contributed by atoms with Crippen LogP contribution in [0.25, 0.3) is 0 Å². The summed E-state index contributed by atoms with van der Waals surface area (Å²) in [5.41, 5.74) is 0.0857. The molecule has 0 aliphatic carbocycles. The van der Waals surface area contributed by atoms with Crippen molar-refractivity contribution in [2.24, 2.45) is 0 Å². The Morgan fingerprint density at radius 1 is 1.23 bits per heavy atom. The lowest BCUT2D eigenvalue weighted by molar-refractivity contribution is 0.0426. The Labute approximate surface area is 150 Å². The summed E-state index contributed by atoms with van der Waals surface area (Å²) >= 11 is 0. The molecule has 1 aromatic carbocycles. The number of benzene rings is 1. The molecule has 2 rings (SSSR count). The second-order valence-electron chi connectivity index (χ2n) is 6.24. The number of carbonyl (C=O) groups excluding carboxylic acids is 1. The number of amides is 2. The van der Waals surface area contributed by atoms with E-state index in [2.05, 4.69) is 10.3 Å². The SMILES string of the molecule is CC(C)(CCc1ccccc1)OC(=O)Nc1cc(NC(=O)O)c(F)cn1. The highest BCUT2D eigenvalue weighted by molar-refractivity contribution is 5.87. The van der Waals surface area contributed by atoms with E-state index in [1.807, 2.05) is 35.6 Å². The molecule has 138 valence electrons. The van der Waals surface area contributed by atoms with E-state index in [0.29, 0.717) is 6.42 Å². The Morgan fingerprint density at radius 3 is 2.58 bits per heavy atom. The Hall–Kier alpha value is -3.16. The van der Waals surface area contributed by atoms with Gasteiger partial charge in [-0.15, -0.1) is 0 Å². The fourth-order valence-corrected chi connectivity index (χ4v) is 2.24. The second-order valence-corrected chi connectivity index (χ2v) is 6.24. The van der Waals surface area contributed by atoms with Gasteiger partial charge in [0.25, 0.3) is 0 Å². The molecule has 0 unspecified atom stereocenters. The van der Waals surface area contributed by atoms with Crippen LogP contribution in [0.3, 0.4) is 0 Å². The maximum absolute atomic E-state index is 13.5. The number of rotatable bonds is 6. The van der Waals surface area contributed by atoms with Crippen molar-refractivity contribution in [2.75, 3.05) is 10.6 Å². The minimum absolute atomic E-state index is 0.0287. The molecule has 2 amide bonds. The van der Waals surface area contributed by atoms with Crippen molar-refractivity contribution in [1.82, 2.24) is 4.98 Å². The molecule has 0 spiro atoms. The Bertz CT molecular complexity index is 781. The zero-order valence-electron chi connectivity index (χ0n) is 14.5. The highest BCUT2D eigenvalue weighted by atomic mass is 19.1. The van der Waals surface area contributed by atoms with Gasteiger partial charge in [-0.1, -0.05) is 30.3 Å². The standard InChI is InChI=1S/C18H20FN3O4/c1-18(2,9-8-12-6-4-3-5-7-12)26-17(25)22-15-10-14(21-16(23)24)13(19)11-20-15/h3-7,10-11H,8-9H2,1-2H3,(H,23,24)(H2,20,21,22,25). The van der Waals surface area contributed by atoms with Crippen LogP contribution in [0, 0.1) is 5.82 Å². The molecule has 0 saturated carbocycles. The molecule has 7 nitrogen and oxygen atoms in total. The maximum Gasteiger partial charge on any atom is 0.413 e. The number of carbonyl (C=O) groups is 2. The van der Waals surface area contributed by atoms with Crippen LogP contribution in [-0.4, -0.2) is 27.9 Å². The molecule has 0 bridgehead atoms. The number of aromatic nitrogens is 1. The average Bonchev–Trinajstić information content (AvgIpc) is 2.56. The molecular weight excluding hydrogens is 341 g/mol. The molecule has 0 aliphatic rings. The molecule has 0 fully saturated rings. The van der Waals surface area contributed by atoms with E-state index in [1.165, 1.54) is 0 Å². The second kappa shape index (κ2) is 8.28. The smallest absolute Gasteiger partial charge is 0.413 e. The number of halogens is 1. The summed E-state index contributed by atoms with van der Waals surface area (Å²) in [6.07, 6.45) is -0.0361. The molecule has 3 N–H and O–H groups in total. The van der Waals surface area contributed by atoms with E-state index in [1.54, 1.807) is 13.8 Å². The number of anilines is 2. The van der Waals surface area contributed by atoms with Gasteiger partial charge in [-0.2, -0.15) is 0 Å². The number of nitrogens with one attached hydrogen (secondary N) is 2. The van der Waals surface area contributed by atoms with Crippen LogP contribution in [0.1, 0.15) is 25.8 Å². The van der Waals surface area contributed by atoms with Gasteiger partial charge >= 0.3 is 12.2 Å². The maximum atomic E-state index is 13.5. The van der Waals surface area contributed by atoms with Crippen LogP contribution >= 0.6 is 0 Å². The van der Waals surface area contributed by atoms with Crippen LogP contribution in [-0.2, 0) is 11.2 Å². The highest BCUT2D eigenvalue weighted by Gasteiger charge is 2.23. The van der Waals surface area contributed by atoms with Gasteiger partial charge in [-0.05, 0) is 32.3 Å². The molecule has 0 atom stereocenters. The van der Waals surface area contributed by atoms with Crippen LogP contribution < -0.4 is 10.6 Å². The van der Waals surface area contributed by atoms with Gasteiger partial charge in [0, 0.05) is 6.07 Å². The quantitative estimate of drug-likeness (QED) is 0.713. The average molecular weight is 361 g/mol. The van der Waals surface area contributed by atoms with Crippen molar-refractivity contribution in [2.45, 2.75) is 32.3 Å². The number of pyridine rings is 1. The minimum atomic E-state index is -1.43. The Morgan fingerprint density at radius 2 is 1.92 bits per heavy atom. The van der Waals surface area contributed by atoms with Gasteiger partial charge in [-0.25, -0.2) is 19.0 Å². The number of hydrogen-bond donors (Lipinski definition) is 3. The van der Waals surface area contributed by atoms with E-state index in [9.17, 15) is 14.0 Å². The first-order valence-electron chi connectivity index (χ1n) is 7.94. The van der Waals surface area contributed by atoms with Gasteiger partial charge in [0.1, 0.15) is 11.4 Å². The van der Waals surface area contributed by atoms with Crippen LogP contribution in [0.5, 0.6) is 0 Å². The molecule has 1 heterocycles. The number of aryl methyl sites for hydroxylation is 1. The van der Waals surface area contributed by atoms with Crippen molar-refractivity contribution < 1.29 is 23.8 Å². The summed E-state index contributed by atoms with van der Waals surface area (Å²) in [5, 5.41) is 12.9. The molecular formula is C18H20FN3O4. The van der Waals surface area contributed by atoms with Gasteiger partial charge in [0.2, 0.25) is 0 Å². The van der Waals surface area contributed by atoms with Gasteiger partial charge in [-0.3, -0.25) is 10.6 Å². The first kappa shape index (κ1) is 19.2. The first-order valence-corrected chi connectivity index (χ1v) is 7.94. The third-order valence-electron chi connectivity index (χ3n) is 3.55. The fourth-order valence-electron chi connectivity index (χ4n) is 2.24. The lowest BCUT2D eigenvalue weighted by Gasteiger charge is -2.25. The predicted octanol–water partition coefficient (Wildman–Crippen LogP) is 4.27. The summed E-state index contributed by atoms with van der Waals surface area (Å²) in [5.74, 6) is -0.881. The van der Waals surface area contributed by atoms with Gasteiger partial charge in [0.05, 0.1) is 11.9 Å². The van der Waals surface area contributed by atoms with Crippen molar-refractivity contribution in [3.8, 4) is 0 Å². The van der Waals surface area contributed by atoms with E-state index in [0.717, 1.165) is 24.2 Å². The largest absolute Gasteiger partial charge is 0.465 e. The summed E-state index contributed by atoms with van der Waals surface area (Å²) in [6.45, 7) is 3.57. The van der Waals surface area contributed by atoms with Crippen molar-refractivity contribution in [3.05, 3.63) is 54.0 Å². The third-order valence-corrected chi connectivity index (χ3v) is 3.55. The van der Waals surface area contributed by atoms with Crippen LogP contribution in [0.4, 0.5) is 25.5 Å². The van der Waals surface area contributed by atoms with Crippen LogP contribution in [0.2, 0.25) is 0 Å². The zero-order chi connectivity index (χ0) is 19.2. The number of carboxylic acid groups (broad SMARTS) is 1. The molecule has 1 aromatic heterocycles. The van der Waals surface area contributed by atoms with E-state index in [4.69, 9.17) is 9.84 Å². The summed E-state index contributed by atoms with van der Waals surface area (Å²) < 4.78 is 18.9. The first-order chi connectivity index (χ1) is 12.2. The van der Waals surface area contributed by atoms with Crippen molar-refractivity contribution in [1.29, 1.82) is 0 Å². The number of nitrogens with zero attached hydrogens (tertiary/aromatic N) is 1. The normalized spacial score (nSPS) is 10.9. The Kier molecular flexibility index (Phi) is 6.11. The van der Waals surface area contributed by atoms with Crippen LogP contribution in [0.15, 0.2) is 42.6 Å². The van der Waals surface area contributed by atoms with Gasteiger partial charge < -0.3 is 9.84 Å². The molecule has 0 radical (unpaired) electrons. The molecule has 0 aliphatic heterocycles. The van der Waals surface area contributed by atoms with E-state index >= 15 is 0 Å². The van der Waals surface area contributed by atoms with Crippen molar-refractivity contribution >= 4 is 23.7 Å². The lowest BCUT2D eigenvalue weighted by atomic mass is 9.99. The molecule has 26 heavy (non-hydrogen) atoms. The van der Waals surface area contributed by atoms with E-state index < -0.39 is 23.6 Å². The fraction of sp³-hybridized carbons (Fsp3) is 0.278. The number of hydrogen-bond acceptors (Lipinski definition) is 4. The van der Waals surface area contributed by atoms with Crippen molar-refractivity contribution in [3.63, 3.8) is 0 Å². The minimum Gasteiger partial charge on any atom is -0.465 e. The predicted molar refractivity (Wildman–Crippen MR) is 94.8 cm³/mol. The topological polar surface area (TPSA) is 101 Å². The number of ether oxygens (including phenoxy) is 1. The summed E-state index contributed by atoms with van der Waals surface area (Å²) in [6, 6.07) is 10.9. The summed E-state index contributed by atoms with van der Waals surface area (Å²) in [4.78, 5) is 26.4. The van der Waals surface area contributed by atoms with Gasteiger partial charge in [0.15, 0.2) is 5.82 Å². The highest BCUT2D eigenvalue weighted by Crippen LogP contribution is 2.20. The third kappa shape index (κ3) is 6.04. The molecule has 0 saturated heterocycles. The van der Waals surface area contributed by atoms with E-state index in [-0.39, 0.29) is 11.5 Å². The lowest BCUT2D eigenvalue weighted by Crippen LogP contribution is -2.31. The summed E-state index contributed by atoms with van der Waals surface area (Å²) in [7, 11) is 0. The monoisotopic (exact) mass is 361 g/mol. The molecule has 2 aromatic rings. The molecule has 8 heteroatoms.